The molecule has 0 bridgehead atoms. The summed E-state index contributed by atoms with van der Waals surface area (Å²) in [7, 11) is 1.31. The minimum atomic E-state index is -1.15. The maximum absolute atomic E-state index is 14.5. The first-order valence-corrected chi connectivity index (χ1v) is 14.5. The summed E-state index contributed by atoms with van der Waals surface area (Å²) in [5.74, 6) is -2.76. The Balaban J connectivity index is 1.38. The van der Waals surface area contributed by atoms with Crippen LogP contribution < -0.4 is 9.64 Å². The van der Waals surface area contributed by atoms with Crippen LogP contribution in [-0.2, 0) is 15.3 Å². The Kier molecular flexibility index (Phi) is 7.36. The summed E-state index contributed by atoms with van der Waals surface area (Å²) >= 11 is 2.58. The number of amides is 1. The van der Waals surface area contributed by atoms with Crippen LogP contribution in [0.5, 0.6) is 11.5 Å². The number of carbonyl (C=O) groups is 2. The molecule has 1 amide bonds. The number of ether oxygens (including phenoxy) is 1. The van der Waals surface area contributed by atoms with E-state index in [2.05, 4.69) is 16.3 Å². The number of aliphatic hydroxyl groups is 1. The minimum absolute atomic E-state index is 0.0138. The van der Waals surface area contributed by atoms with E-state index in [9.17, 15) is 24.2 Å². The summed E-state index contributed by atoms with van der Waals surface area (Å²) in [5, 5.41) is 32.3. The Morgan fingerprint density at radius 1 is 1.02 bits per heavy atom. The summed E-state index contributed by atoms with van der Waals surface area (Å²) < 4.78 is 20.0. The molecule has 1 aromatic heterocycles. The van der Waals surface area contributed by atoms with Gasteiger partial charge in [-0.05, 0) is 52.2 Å². The highest BCUT2D eigenvalue weighted by molar-refractivity contribution is 8.00. The summed E-state index contributed by atoms with van der Waals surface area (Å²) in [5.41, 5.74) is 1.18. The van der Waals surface area contributed by atoms with Gasteiger partial charge >= 0.3 is 5.91 Å². The van der Waals surface area contributed by atoms with Gasteiger partial charge in [0, 0.05) is 11.3 Å². The first-order chi connectivity index (χ1) is 20.4. The van der Waals surface area contributed by atoms with Crippen LogP contribution in [0.4, 0.5) is 9.52 Å². The molecule has 1 unspecified atom stereocenters. The molecule has 1 fully saturated rings. The monoisotopic (exact) mass is 599 g/mol. The highest BCUT2D eigenvalue weighted by Gasteiger charge is 2.48. The predicted octanol–water partition coefficient (Wildman–Crippen LogP) is 6.46. The molecule has 0 spiro atoms. The van der Waals surface area contributed by atoms with Crippen molar-refractivity contribution in [3.8, 4) is 11.5 Å². The van der Waals surface area contributed by atoms with E-state index >= 15 is 0 Å². The van der Waals surface area contributed by atoms with Gasteiger partial charge < -0.3 is 14.9 Å². The molecule has 42 heavy (non-hydrogen) atoms. The van der Waals surface area contributed by atoms with Crippen molar-refractivity contribution in [3.05, 3.63) is 113 Å². The van der Waals surface area contributed by atoms with E-state index in [1.54, 1.807) is 12.1 Å². The van der Waals surface area contributed by atoms with Gasteiger partial charge in [0.1, 0.15) is 11.5 Å². The summed E-state index contributed by atoms with van der Waals surface area (Å²) in [6.07, 6.45) is 0. The number of methoxy groups -OCH3 is 1. The number of carbonyl (C=O) groups excluding carboxylic acids is 2. The molecule has 5 aromatic rings. The smallest absolute Gasteiger partial charge is 0.301 e. The number of aliphatic hydroxyl groups excluding tert-OH is 1. The first kappa shape index (κ1) is 27.4. The van der Waals surface area contributed by atoms with Crippen LogP contribution in [0.2, 0.25) is 0 Å². The second-order valence-corrected chi connectivity index (χ2v) is 11.6. The number of aromatic hydroxyl groups is 1. The topological polar surface area (TPSA) is 113 Å². The molecular formula is C31H22FN3O5S2. The third kappa shape index (κ3) is 4.97. The lowest BCUT2D eigenvalue weighted by Gasteiger charge is -2.22. The third-order valence-electron chi connectivity index (χ3n) is 6.89. The van der Waals surface area contributed by atoms with Gasteiger partial charge in [-0.2, -0.15) is 0 Å². The largest absolute Gasteiger partial charge is 0.508 e. The lowest BCUT2D eigenvalue weighted by atomic mass is 9.95. The Morgan fingerprint density at radius 3 is 2.60 bits per heavy atom. The molecule has 6 rings (SSSR count). The Bertz CT molecular complexity index is 1880. The van der Waals surface area contributed by atoms with Crippen molar-refractivity contribution in [2.45, 2.75) is 16.1 Å². The fraction of sp³-hybridized carbons (Fsp3) is 0.0968. The maximum atomic E-state index is 14.5. The number of aromatic nitrogens is 2. The van der Waals surface area contributed by atoms with E-state index in [0.29, 0.717) is 15.7 Å². The maximum Gasteiger partial charge on any atom is 0.301 e. The fourth-order valence-corrected chi connectivity index (χ4v) is 6.80. The van der Waals surface area contributed by atoms with Gasteiger partial charge in [-0.25, -0.2) is 4.39 Å². The number of Topliss-reactive ketones (excluding diaryl/α,β-unsaturated/α-hetero) is 1. The zero-order chi connectivity index (χ0) is 29.4. The molecule has 1 atom stereocenters. The molecule has 210 valence electrons. The average molecular weight is 600 g/mol. The van der Waals surface area contributed by atoms with Crippen molar-refractivity contribution in [1.29, 1.82) is 0 Å². The van der Waals surface area contributed by atoms with Gasteiger partial charge in [0.15, 0.2) is 15.9 Å². The second-order valence-electron chi connectivity index (χ2n) is 9.39. The Labute approximate surface area is 247 Å². The molecule has 0 aliphatic carbocycles. The number of halogens is 1. The lowest BCUT2D eigenvalue weighted by Crippen LogP contribution is -2.29. The quantitative estimate of drug-likeness (QED) is 0.0721. The number of anilines is 1. The van der Waals surface area contributed by atoms with Crippen molar-refractivity contribution in [3.63, 3.8) is 0 Å². The third-order valence-corrected chi connectivity index (χ3v) is 8.99. The number of ketones is 1. The molecule has 2 heterocycles. The standard InChI is InChI=1S/C31H22FN3O5S2/c1-40-24-13-12-19(15-23(24)32)27(37)25-26(18-8-5-10-21(36)14-18)35(29(39)28(25)38)30-33-34-31(42-30)41-16-20-9-4-7-17-6-2-3-11-22(17)20/h2-15,26,36-37H,16H2,1H3/b27-25-. The number of benzene rings is 4. The second kappa shape index (κ2) is 11.3. The van der Waals surface area contributed by atoms with Crippen molar-refractivity contribution < 1.29 is 28.9 Å². The van der Waals surface area contributed by atoms with E-state index in [1.165, 1.54) is 43.1 Å². The molecular weight excluding hydrogens is 577 g/mol. The normalized spacial score (nSPS) is 16.3. The predicted molar refractivity (Wildman–Crippen MR) is 159 cm³/mol. The molecule has 0 saturated carbocycles. The number of thioether (sulfide) groups is 1. The summed E-state index contributed by atoms with van der Waals surface area (Å²) in [6.45, 7) is 0. The number of fused-ring (bicyclic) bond motifs is 1. The molecule has 0 radical (unpaired) electrons. The number of hydrogen-bond donors (Lipinski definition) is 2. The van der Waals surface area contributed by atoms with Gasteiger partial charge in [-0.1, -0.05) is 77.7 Å². The van der Waals surface area contributed by atoms with Crippen molar-refractivity contribution in [2.75, 3.05) is 12.0 Å². The van der Waals surface area contributed by atoms with Crippen LogP contribution in [0, 0.1) is 5.82 Å². The molecule has 8 nitrogen and oxygen atoms in total. The Morgan fingerprint density at radius 2 is 1.81 bits per heavy atom. The van der Waals surface area contributed by atoms with Crippen LogP contribution in [-0.4, -0.2) is 39.2 Å². The van der Waals surface area contributed by atoms with Gasteiger partial charge in [0.25, 0.3) is 5.78 Å². The highest BCUT2D eigenvalue weighted by Crippen LogP contribution is 2.45. The summed E-state index contributed by atoms with van der Waals surface area (Å²) in [4.78, 5) is 28.0. The number of phenols is 1. The number of hydrogen-bond acceptors (Lipinski definition) is 9. The average Bonchev–Trinajstić information content (AvgIpc) is 3.57. The van der Waals surface area contributed by atoms with Crippen molar-refractivity contribution in [2.24, 2.45) is 0 Å². The zero-order valence-electron chi connectivity index (χ0n) is 22.0. The molecule has 11 heteroatoms. The molecule has 1 aliphatic rings. The fourth-order valence-electron chi connectivity index (χ4n) is 4.93. The summed E-state index contributed by atoms with van der Waals surface area (Å²) in [6, 6.07) is 22.7. The van der Waals surface area contributed by atoms with Crippen LogP contribution in [0.3, 0.4) is 0 Å². The van der Waals surface area contributed by atoms with E-state index < -0.39 is 29.3 Å². The van der Waals surface area contributed by atoms with E-state index in [1.807, 2.05) is 36.4 Å². The van der Waals surface area contributed by atoms with Gasteiger partial charge in [-0.3, -0.25) is 14.5 Å². The van der Waals surface area contributed by atoms with E-state index in [0.717, 1.165) is 38.6 Å². The minimum Gasteiger partial charge on any atom is -0.508 e. The van der Waals surface area contributed by atoms with Crippen LogP contribution in [0.1, 0.15) is 22.7 Å². The SMILES string of the molecule is COc1ccc(/C(O)=C2/C(=O)C(=O)N(c3nnc(SCc4cccc5ccccc45)s3)C2c2cccc(O)c2)cc1F. The van der Waals surface area contributed by atoms with Crippen molar-refractivity contribution in [1.82, 2.24) is 10.2 Å². The zero-order valence-corrected chi connectivity index (χ0v) is 23.7. The molecule has 1 saturated heterocycles. The Hall–Kier alpha value is -4.74. The first-order valence-electron chi connectivity index (χ1n) is 12.7. The van der Waals surface area contributed by atoms with Crippen LogP contribution in [0.15, 0.2) is 94.8 Å². The molecule has 4 aromatic carbocycles. The molecule has 1 aliphatic heterocycles. The van der Waals surface area contributed by atoms with Gasteiger partial charge in [0.05, 0.1) is 18.7 Å². The van der Waals surface area contributed by atoms with E-state index in [-0.39, 0.29) is 27.8 Å². The molecule has 2 N–H and O–H groups in total. The van der Waals surface area contributed by atoms with Gasteiger partial charge in [0.2, 0.25) is 5.13 Å². The van der Waals surface area contributed by atoms with Crippen molar-refractivity contribution >= 4 is 56.5 Å². The van der Waals surface area contributed by atoms with Crippen LogP contribution >= 0.6 is 23.1 Å². The highest BCUT2D eigenvalue weighted by atomic mass is 32.2. The lowest BCUT2D eigenvalue weighted by molar-refractivity contribution is -0.132. The van der Waals surface area contributed by atoms with Crippen LogP contribution in [0.25, 0.3) is 16.5 Å². The van der Waals surface area contributed by atoms with Gasteiger partial charge in [-0.15, -0.1) is 10.2 Å². The van der Waals surface area contributed by atoms with E-state index in [4.69, 9.17) is 4.74 Å². The number of phenolic OH excluding ortho intramolecular Hbond substituents is 1. The number of nitrogens with zero attached hydrogens (tertiary/aromatic N) is 3. The number of rotatable bonds is 7.